The van der Waals surface area contributed by atoms with Crippen molar-refractivity contribution in [2.45, 2.75) is 19.4 Å². The maximum absolute atomic E-state index is 13.4. The van der Waals surface area contributed by atoms with Crippen LogP contribution in [0.4, 0.5) is 8.78 Å². The fourth-order valence-corrected chi connectivity index (χ4v) is 3.75. The summed E-state index contributed by atoms with van der Waals surface area (Å²) in [5.41, 5.74) is 4.84. The molecule has 1 N–H and O–H groups in total. The lowest BCUT2D eigenvalue weighted by Gasteiger charge is -2.21. The van der Waals surface area contributed by atoms with Gasteiger partial charge in [-0.2, -0.15) is 10.2 Å². The molecule has 8 heteroatoms. The van der Waals surface area contributed by atoms with Crippen molar-refractivity contribution in [3.63, 3.8) is 0 Å². The molecule has 0 amide bonds. The fraction of sp³-hybridized carbons (Fsp3) is 0.263. The second-order valence-corrected chi connectivity index (χ2v) is 6.76. The molecular formula is C19H16F2N6. The van der Waals surface area contributed by atoms with E-state index >= 15 is 0 Å². The van der Waals surface area contributed by atoms with Crippen molar-refractivity contribution >= 4 is 11.0 Å². The number of nitrogens with one attached hydrogen (secondary N) is 1. The molecule has 27 heavy (non-hydrogen) atoms. The maximum Gasteiger partial charge on any atom is 0.155 e. The van der Waals surface area contributed by atoms with Crippen LogP contribution in [0.2, 0.25) is 0 Å². The van der Waals surface area contributed by atoms with Gasteiger partial charge in [0.25, 0.3) is 0 Å². The molecule has 4 aromatic rings. The summed E-state index contributed by atoms with van der Waals surface area (Å²) in [5.74, 6) is -0.437. The largest absolute Gasteiger partial charge is 0.268 e. The normalized spacial score (nSPS) is 16.6. The molecule has 0 saturated carbocycles. The van der Waals surface area contributed by atoms with E-state index in [-0.39, 0.29) is 12.6 Å². The highest BCUT2D eigenvalue weighted by molar-refractivity contribution is 5.97. The molecule has 6 nitrogen and oxygen atoms in total. The van der Waals surface area contributed by atoms with Crippen LogP contribution in [0.25, 0.3) is 33.5 Å². The van der Waals surface area contributed by atoms with E-state index < -0.39 is 5.82 Å². The third-order valence-corrected chi connectivity index (χ3v) is 5.09. The quantitative estimate of drug-likeness (QED) is 0.602. The van der Waals surface area contributed by atoms with Gasteiger partial charge in [-0.25, -0.2) is 9.37 Å². The number of alkyl halides is 1. The predicted molar refractivity (Wildman–Crippen MR) is 96.1 cm³/mol. The molecule has 0 aromatic carbocycles. The molecule has 0 aliphatic carbocycles. The number of pyridine rings is 2. The summed E-state index contributed by atoms with van der Waals surface area (Å²) in [6.07, 6.45) is 6.12. The SMILES string of the molecule is FCC1CCc2c(-c3ccnc4[nH]ncc34)c(-c3ccc(F)cn3)nn2C1. The Labute approximate surface area is 153 Å². The van der Waals surface area contributed by atoms with Crippen LogP contribution in [-0.4, -0.2) is 36.6 Å². The molecule has 0 fully saturated rings. The minimum absolute atomic E-state index is 0.0364. The Bertz CT molecular complexity index is 1120. The molecule has 1 unspecified atom stereocenters. The highest BCUT2D eigenvalue weighted by Gasteiger charge is 2.28. The van der Waals surface area contributed by atoms with Crippen molar-refractivity contribution in [2.75, 3.05) is 6.67 Å². The van der Waals surface area contributed by atoms with Crippen LogP contribution in [0.15, 0.2) is 36.8 Å². The van der Waals surface area contributed by atoms with Gasteiger partial charge in [-0.05, 0) is 36.6 Å². The molecule has 1 aliphatic rings. The number of H-pyrrole nitrogens is 1. The summed E-state index contributed by atoms with van der Waals surface area (Å²) in [4.78, 5) is 8.52. The van der Waals surface area contributed by atoms with Crippen molar-refractivity contribution in [3.05, 3.63) is 48.3 Å². The first kappa shape index (κ1) is 16.0. The maximum atomic E-state index is 13.4. The second-order valence-electron chi connectivity index (χ2n) is 6.76. The van der Waals surface area contributed by atoms with Crippen molar-refractivity contribution in [1.82, 2.24) is 29.9 Å². The van der Waals surface area contributed by atoms with Crippen LogP contribution >= 0.6 is 0 Å². The van der Waals surface area contributed by atoms with Gasteiger partial charge in [0.15, 0.2) is 5.65 Å². The Hall–Kier alpha value is -3.16. The number of halogens is 2. The van der Waals surface area contributed by atoms with E-state index in [1.165, 1.54) is 12.3 Å². The lowest BCUT2D eigenvalue weighted by Crippen LogP contribution is -2.22. The molecule has 5 rings (SSSR count). The number of aromatic nitrogens is 6. The van der Waals surface area contributed by atoms with Crippen molar-refractivity contribution < 1.29 is 8.78 Å². The van der Waals surface area contributed by atoms with Gasteiger partial charge in [-0.15, -0.1) is 0 Å². The van der Waals surface area contributed by atoms with E-state index in [4.69, 9.17) is 5.10 Å². The van der Waals surface area contributed by atoms with E-state index in [1.54, 1.807) is 18.5 Å². The van der Waals surface area contributed by atoms with Gasteiger partial charge in [0, 0.05) is 35.3 Å². The number of hydrogen-bond donors (Lipinski definition) is 1. The molecule has 136 valence electrons. The van der Waals surface area contributed by atoms with E-state index in [0.717, 1.165) is 35.0 Å². The molecule has 4 aromatic heterocycles. The summed E-state index contributed by atoms with van der Waals surface area (Å²) in [6.45, 7) is 0.166. The van der Waals surface area contributed by atoms with Gasteiger partial charge < -0.3 is 0 Å². The van der Waals surface area contributed by atoms with Crippen LogP contribution in [-0.2, 0) is 13.0 Å². The van der Waals surface area contributed by atoms with Crippen molar-refractivity contribution in [1.29, 1.82) is 0 Å². The highest BCUT2D eigenvalue weighted by Crippen LogP contribution is 2.39. The first-order valence-corrected chi connectivity index (χ1v) is 8.80. The monoisotopic (exact) mass is 366 g/mol. The van der Waals surface area contributed by atoms with Crippen molar-refractivity contribution in [2.24, 2.45) is 5.92 Å². The number of aromatic amines is 1. The zero-order valence-corrected chi connectivity index (χ0v) is 14.4. The molecule has 1 atom stereocenters. The highest BCUT2D eigenvalue weighted by atomic mass is 19.1. The Morgan fingerprint density at radius 3 is 2.93 bits per heavy atom. The minimum atomic E-state index is -0.400. The molecule has 0 spiro atoms. The zero-order valence-electron chi connectivity index (χ0n) is 14.4. The predicted octanol–water partition coefficient (Wildman–Crippen LogP) is 3.55. The van der Waals surface area contributed by atoms with Gasteiger partial charge in [0.05, 0.1) is 24.8 Å². The minimum Gasteiger partial charge on any atom is -0.268 e. The van der Waals surface area contributed by atoms with E-state index in [1.807, 2.05) is 10.7 Å². The Kier molecular flexibility index (Phi) is 3.70. The lowest BCUT2D eigenvalue weighted by atomic mass is 9.93. The third-order valence-electron chi connectivity index (χ3n) is 5.09. The average Bonchev–Trinajstić information content (AvgIpc) is 3.32. The first-order chi connectivity index (χ1) is 13.2. The summed E-state index contributed by atoms with van der Waals surface area (Å²) in [6, 6.07) is 4.91. The van der Waals surface area contributed by atoms with E-state index in [0.29, 0.717) is 23.6 Å². The van der Waals surface area contributed by atoms with Crippen LogP contribution in [0.1, 0.15) is 12.1 Å². The molecular weight excluding hydrogens is 350 g/mol. The first-order valence-electron chi connectivity index (χ1n) is 8.80. The topological polar surface area (TPSA) is 72.3 Å². The summed E-state index contributed by atoms with van der Waals surface area (Å²) < 4.78 is 28.5. The standard InChI is InChI=1S/C19H16F2N6/c20-7-11-1-4-16-17(13-5-6-22-19-14(13)9-24-25-19)18(26-27(16)10-11)15-3-2-12(21)8-23-15/h2-3,5-6,8-9,11H,1,4,7,10H2,(H,22,24,25). The number of fused-ring (bicyclic) bond motifs is 2. The van der Waals surface area contributed by atoms with Gasteiger partial charge >= 0.3 is 0 Å². The van der Waals surface area contributed by atoms with Gasteiger partial charge in [-0.1, -0.05) is 0 Å². The van der Waals surface area contributed by atoms with E-state index in [2.05, 4.69) is 20.2 Å². The summed E-state index contributed by atoms with van der Waals surface area (Å²) >= 11 is 0. The van der Waals surface area contributed by atoms with Gasteiger partial charge in [0.2, 0.25) is 0 Å². The molecule has 1 aliphatic heterocycles. The zero-order chi connectivity index (χ0) is 18.4. The lowest BCUT2D eigenvalue weighted by molar-refractivity contribution is 0.274. The van der Waals surface area contributed by atoms with Gasteiger partial charge in [-0.3, -0.25) is 19.2 Å². The van der Waals surface area contributed by atoms with Crippen LogP contribution < -0.4 is 0 Å². The Morgan fingerprint density at radius 2 is 2.11 bits per heavy atom. The Balaban J connectivity index is 1.77. The Morgan fingerprint density at radius 1 is 1.19 bits per heavy atom. The summed E-state index contributed by atoms with van der Waals surface area (Å²) in [5, 5.41) is 12.6. The number of nitrogens with zero attached hydrogens (tertiary/aromatic N) is 5. The average molecular weight is 366 g/mol. The molecule has 5 heterocycles. The van der Waals surface area contributed by atoms with Gasteiger partial charge in [0.1, 0.15) is 11.5 Å². The van der Waals surface area contributed by atoms with Crippen LogP contribution in [0, 0.1) is 11.7 Å². The molecule has 0 bridgehead atoms. The molecule has 0 radical (unpaired) electrons. The molecule has 0 saturated heterocycles. The van der Waals surface area contributed by atoms with Crippen LogP contribution in [0.3, 0.4) is 0 Å². The third kappa shape index (κ3) is 2.59. The van der Waals surface area contributed by atoms with E-state index in [9.17, 15) is 8.78 Å². The fourth-order valence-electron chi connectivity index (χ4n) is 3.75. The summed E-state index contributed by atoms with van der Waals surface area (Å²) in [7, 11) is 0. The number of hydrogen-bond acceptors (Lipinski definition) is 4. The number of rotatable bonds is 3. The second kappa shape index (κ2) is 6.22. The smallest absolute Gasteiger partial charge is 0.155 e. The van der Waals surface area contributed by atoms with Crippen molar-refractivity contribution in [3.8, 4) is 22.5 Å². The van der Waals surface area contributed by atoms with Crippen LogP contribution in [0.5, 0.6) is 0 Å².